The number of amides is 1. The van der Waals surface area contributed by atoms with E-state index in [2.05, 4.69) is 10.5 Å². The first-order chi connectivity index (χ1) is 9.52. The zero-order valence-corrected chi connectivity index (χ0v) is 11.0. The molecule has 1 heterocycles. The minimum absolute atomic E-state index is 0.00847. The molecule has 1 aliphatic heterocycles. The number of nitrogens with two attached hydrogens (primary N) is 1. The molecule has 0 atom stereocenters. The Morgan fingerprint density at radius 1 is 1.60 bits per heavy atom. The van der Waals surface area contributed by atoms with Gasteiger partial charge in [0, 0.05) is 19.2 Å². The number of hydrogen-bond acceptors (Lipinski definition) is 5. The number of hydrogen-bond donors (Lipinski definition) is 3. The SMILES string of the molecule is CC(=O)N1CCc2ccc(N/N=C(\C#N)C(=N)N)cc21. The summed E-state index contributed by atoms with van der Waals surface area (Å²) in [4.78, 5) is 13.2. The van der Waals surface area contributed by atoms with Gasteiger partial charge >= 0.3 is 0 Å². The Morgan fingerprint density at radius 3 is 2.95 bits per heavy atom. The van der Waals surface area contributed by atoms with Crippen molar-refractivity contribution in [2.24, 2.45) is 10.8 Å². The number of amidine groups is 1. The summed E-state index contributed by atoms with van der Waals surface area (Å²) < 4.78 is 0. The highest BCUT2D eigenvalue weighted by molar-refractivity contribution is 6.45. The number of nitriles is 1. The summed E-state index contributed by atoms with van der Waals surface area (Å²) in [5.41, 5.74) is 10.3. The van der Waals surface area contributed by atoms with Gasteiger partial charge in [-0.25, -0.2) is 0 Å². The number of carbonyl (C=O) groups excluding carboxylic acids is 1. The zero-order chi connectivity index (χ0) is 14.7. The van der Waals surface area contributed by atoms with Crippen molar-refractivity contribution in [3.63, 3.8) is 0 Å². The molecule has 1 aromatic carbocycles. The standard InChI is InChI=1S/C13H14N6O/c1-8(20)19-5-4-9-2-3-10(6-12(9)19)17-18-11(7-14)13(15)16/h2-3,6,17H,4-5H2,1H3,(H3,15,16)/b18-11+. The lowest BCUT2D eigenvalue weighted by Crippen LogP contribution is -2.25. The van der Waals surface area contributed by atoms with Crippen molar-refractivity contribution < 1.29 is 4.79 Å². The maximum atomic E-state index is 11.5. The van der Waals surface area contributed by atoms with Gasteiger partial charge in [0.2, 0.25) is 11.6 Å². The van der Waals surface area contributed by atoms with Gasteiger partial charge in [-0.15, -0.1) is 0 Å². The average Bonchev–Trinajstić information content (AvgIpc) is 2.82. The highest BCUT2D eigenvalue weighted by Gasteiger charge is 2.22. The second-order valence-electron chi connectivity index (χ2n) is 4.36. The summed E-state index contributed by atoms with van der Waals surface area (Å²) in [6, 6.07) is 7.24. The molecule has 0 spiro atoms. The highest BCUT2D eigenvalue weighted by Crippen LogP contribution is 2.30. The van der Waals surface area contributed by atoms with Gasteiger partial charge in [0.15, 0.2) is 5.84 Å². The fourth-order valence-corrected chi connectivity index (χ4v) is 2.04. The third-order valence-electron chi connectivity index (χ3n) is 3.02. The number of benzene rings is 1. The molecular formula is C13H14N6O. The summed E-state index contributed by atoms with van der Waals surface area (Å²) in [6.45, 7) is 2.20. The van der Waals surface area contributed by atoms with Crippen LogP contribution >= 0.6 is 0 Å². The number of nitrogens with zero attached hydrogens (tertiary/aromatic N) is 3. The van der Waals surface area contributed by atoms with Gasteiger partial charge in [0.1, 0.15) is 6.07 Å². The molecule has 7 nitrogen and oxygen atoms in total. The van der Waals surface area contributed by atoms with E-state index < -0.39 is 5.84 Å². The number of carbonyl (C=O) groups is 1. The molecule has 7 heteroatoms. The molecule has 0 bridgehead atoms. The molecule has 0 aliphatic carbocycles. The molecule has 1 aliphatic rings. The molecular weight excluding hydrogens is 256 g/mol. The molecule has 4 N–H and O–H groups in total. The van der Waals surface area contributed by atoms with E-state index in [1.165, 1.54) is 6.92 Å². The summed E-state index contributed by atoms with van der Waals surface area (Å²) in [7, 11) is 0. The van der Waals surface area contributed by atoms with E-state index in [1.807, 2.05) is 6.07 Å². The molecule has 20 heavy (non-hydrogen) atoms. The first-order valence-corrected chi connectivity index (χ1v) is 6.02. The largest absolute Gasteiger partial charge is 0.382 e. The molecule has 102 valence electrons. The minimum atomic E-state index is -0.397. The molecule has 0 unspecified atom stereocenters. The molecule has 1 aromatic rings. The predicted molar refractivity (Wildman–Crippen MR) is 76.8 cm³/mol. The Bertz CT molecular complexity index is 643. The third kappa shape index (κ3) is 2.59. The van der Waals surface area contributed by atoms with E-state index in [-0.39, 0.29) is 11.6 Å². The lowest BCUT2D eigenvalue weighted by atomic mass is 10.1. The Morgan fingerprint density at radius 2 is 2.35 bits per heavy atom. The monoisotopic (exact) mass is 270 g/mol. The first kappa shape index (κ1) is 13.5. The normalized spacial score (nSPS) is 13.6. The minimum Gasteiger partial charge on any atom is -0.382 e. The Labute approximate surface area is 116 Å². The van der Waals surface area contributed by atoms with E-state index in [1.54, 1.807) is 23.1 Å². The number of hydrazone groups is 1. The van der Waals surface area contributed by atoms with Crippen LogP contribution in [0.2, 0.25) is 0 Å². The van der Waals surface area contributed by atoms with Crippen LogP contribution in [0.4, 0.5) is 11.4 Å². The molecule has 0 saturated carbocycles. The van der Waals surface area contributed by atoms with E-state index in [9.17, 15) is 4.79 Å². The van der Waals surface area contributed by atoms with Gasteiger partial charge in [0.25, 0.3) is 0 Å². The van der Waals surface area contributed by atoms with E-state index in [0.29, 0.717) is 12.2 Å². The second-order valence-corrected chi connectivity index (χ2v) is 4.36. The number of fused-ring (bicyclic) bond motifs is 1. The molecule has 0 fully saturated rings. The van der Waals surface area contributed by atoms with Crippen molar-refractivity contribution in [2.75, 3.05) is 16.9 Å². The lowest BCUT2D eigenvalue weighted by Gasteiger charge is -2.15. The summed E-state index contributed by atoms with van der Waals surface area (Å²) in [5, 5.41) is 19.7. The molecule has 0 aromatic heterocycles. The van der Waals surface area contributed by atoms with Crippen LogP contribution in [0, 0.1) is 16.7 Å². The molecule has 2 rings (SSSR count). The fourth-order valence-electron chi connectivity index (χ4n) is 2.04. The van der Waals surface area contributed by atoms with Crippen LogP contribution in [0.25, 0.3) is 0 Å². The van der Waals surface area contributed by atoms with Crippen molar-refractivity contribution in [2.45, 2.75) is 13.3 Å². The molecule has 0 saturated heterocycles. The van der Waals surface area contributed by atoms with E-state index >= 15 is 0 Å². The van der Waals surface area contributed by atoms with Crippen LogP contribution in [0.5, 0.6) is 0 Å². The number of rotatable bonds is 3. The van der Waals surface area contributed by atoms with Crippen LogP contribution in [0.15, 0.2) is 23.3 Å². The second kappa shape index (κ2) is 5.40. The smallest absolute Gasteiger partial charge is 0.223 e. The summed E-state index contributed by atoms with van der Waals surface area (Å²) in [5.74, 6) is -0.405. The van der Waals surface area contributed by atoms with Crippen molar-refractivity contribution in [3.8, 4) is 6.07 Å². The van der Waals surface area contributed by atoms with Gasteiger partial charge < -0.3 is 10.6 Å². The Balaban J connectivity index is 2.24. The molecule has 0 radical (unpaired) electrons. The van der Waals surface area contributed by atoms with Crippen molar-refractivity contribution in [1.82, 2.24) is 0 Å². The van der Waals surface area contributed by atoms with Crippen molar-refractivity contribution >= 4 is 28.8 Å². The maximum absolute atomic E-state index is 11.5. The van der Waals surface area contributed by atoms with Gasteiger partial charge in [0.05, 0.1) is 5.69 Å². The lowest BCUT2D eigenvalue weighted by molar-refractivity contribution is -0.116. The van der Waals surface area contributed by atoms with Crippen LogP contribution in [0.1, 0.15) is 12.5 Å². The summed E-state index contributed by atoms with van der Waals surface area (Å²) in [6.07, 6.45) is 0.829. The van der Waals surface area contributed by atoms with Gasteiger partial charge in [-0.1, -0.05) is 6.07 Å². The van der Waals surface area contributed by atoms with Crippen LogP contribution in [0.3, 0.4) is 0 Å². The number of nitrogens with one attached hydrogen (secondary N) is 2. The topological polar surface area (TPSA) is 118 Å². The van der Waals surface area contributed by atoms with Crippen molar-refractivity contribution in [3.05, 3.63) is 23.8 Å². The Hall–Kier alpha value is -2.88. The van der Waals surface area contributed by atoms with Crippen LogP contribution in [-0.2, 0) is 11.2 Å². The van der Waals surface area contributed by atoms with E-state index in [4.69, 9.17) is 16.4 Å². The van der Waals surface area contributed by atoms with E-state index in [0.717, 1.165) is 17.7 Å². The first-order valence-electron chi connectivity index (χ1n) is 6.02. The zero-order valence-electron chi connectivity index (χ0n) is 11.0. The fraction of sp³-hybridized carbons (Fsp3) is 0.231. The van der Waals surface area contributed by atoms with Crippen LogP contribution in [-0.4, -0.2) is 24.0 Å². The quantitative estimate of drug-likeness (QED) is 0.428. The Kier molecular flexibility index (Phi) is 3.66. The third-order valence-corrected chi connectivity index (χ3v) is 3.02. The van der Waals surface area contributed by atoms with Crippen LogP contribution < -0.4 is 16.1 Å². The van der Waals surface area contributed by atoms with Gasteiger partial charge in [-0.2, -0.15) is 10.4 Å². The maximum Gasteiger partial charge on any atom is 0.223 e. The van der Waals surface area contributed by atoms with Gasteiger partial charge in [-0.05, 0) is 24.1 Å². The number of anilines is 2. The molecule has 1 amide bonds. The van der Waals surface area contributed by atoms with Gasteiger partial charge in [-0.3, -0.25) is 15.6 Å². The predicted octanol–water partition coefficient (Wildman–Crippen LogP) is 0.823. The van der Waals surface area contributed by atoms with Crippen molar-refractivity contribution in [1.29, 1.82) is 10.7 Å². The average molecular weight is 270 g/mol. The summed E-state index contributed by atoms with van der Waals surface area (Å²) >= 11 is 0. The highest BCUT2D eigenvalue weighted by atomic mass is 16.2.